The number of hydrogen-bond donors (Lipinski definition) is 2. The summed E-state index contributed by atoms with van der Waals surface area (Å²) in [7, 11) is 3.12. The fourth-order valence-corrected chi connectivity index (χ4v) is 2.79. The van der Waals surface area contributed by atoms with Crippen LogP contribution in [0.1, 0.15) is 30.9 Å². The summed E-state index contributed by atoms with van der Waals surface area (Å²) in [5.74, 6) is 0.616. The number of methoxy groups -OCH3 is 2. The first-order valence-electron chi connectivity index (χ1n) is 8.95. The molecule has 0 aliphatic rings. The number of hydrazone groups is 1. The molecule has 0 saturated heterocycles. The quantitative estimate of drug-likeness (QED) is 0.503. The van der Waals surface area contributed by atoms with Crippen LogP contribution in [-0.2, 0) is 9.59 Å². The van der Waals surface area contributed by atoms with Crippen LogP contribution >= 0.6 is 11.6 Å². The summed E-state index contributed by atoms with van der Waals surface area (Å²) in [5.41, 5.74) is 5.28. The van der Waals surface area contributed by atoms with Crippen LogP contribution in [-0.4, -0.2) is 31.7 Å². The first-order chi connectivity index (χ1) is 13.8. The Balaban J connectivity index is 1.89. The zero-order valence-corrected chi connectivity index (χ0v) is 17.6. The maximum Gasteiger partial charge on any atom is 0.240 e. The molecule has 0 atom stereocenters. The van der Waals surface area contributed by atoms with Gasteiger partial charge in [-0.1, -0.05) is 11.6 Å². The Kier molecular flexibility index (Phi) is 8.03. The van der Waals surface area contributed by atoms with Crippen molar-refractivity contribution < 1.29 is 19.1 Å². The number of ether oxygens (including phenoxy) is 2. The Morgan fingerprint density at radius 2 is 1.76 bits per heavy atom. The van der Waals surface area contributed by atoms with Crippen molar-refractivity contribution in [3.63, 3.8) is 0 Å². The van der Waals surface area contributed by atoms with Gasteiger partial charge in [-0.05, 0) is 49.7 Å². The Bertz CT molecular complexity index is 928. The minimum Gasteiger partial charge on any atom is -0.497 e. The zero-order valence-electron chi connectivity index (χ0n) is 16.8. The van der Waals surface area contributed by atoms with Crippen LogP contribution in [0.3, 0.4) is 0 Å². The van der Waals surface area contributed by atoms with Gasteiger partial charge in [-0.25, -0.2) is 5.43 Å². The third-order valence-corrected chi connectivity index (χ3v) is 4.42. The first kappa shape index (κ1) is 22.2. The summed E-state index contributed by atoms with van der Waals surface area (Å²) in [6, 6.07) is 10.5. The molecule has 0 spiro atoms. The minimum absolute atomic E-state index is 0.00893. The van der Waals surface area contributed by atoms with Gasteiger partial charge in [0.1, 0.15) is 11.5 Å². The second-order valence-electron chi connectivity index (χ2n) is 6.31. The van der Waals surface area contributed by atoms with Crippen LogP contribution in [0.15, 0.2) is 41.5 Å². The van der Waals surface area contributed by atoms with Gasteiger partial charge in [0, 0.05) is 35.2 Å². The third kappa shape index (κ3) is 6.50. The molecule has 0 unspecified atom stereocenters. The molecule has 0 aliphatic carbocycles. The second kappa shape index (κ2) is 10.5. The highest BCUT2D eigenvalue weighted by atomic mass is 35.5. The van der Waals surface area contributed by atoms with E-state index in [-0.39, 0.29) is 24.7 Å². The lowest BCUT2D eigenvalue weighted by Crippen LogP contribution is -2.22. The third-order valence-electron chi connectivity index (χ3n) is 4.19. The molecular weight excluding hydrogens is 394 g/mol. The molecule has 8 heteroatoms. The Hall–Kier alpha value is -3.06. The van der Waals surface area contributed by atoms with Crippen molar-refractivity contribution in [1.29, 1.82) is 0 Å². The highest BCUT2D eigenvalue weighted by molar-refractivity contribution is 6.30. The molecule has 2 aromatic rings. The number of carbonyl (C=O) groups is 2. The predicted octanol–water partition coefficient (Wildman–Crippen LogP) is 3.92. The van der Waals surface area contributed by atoms with Crippen LogP contribution in [0.2, 0.25) is 5.02 Å². The number of nitrogens with one attached hydrogen (secondary N) is 2. The Morgan fingerprint density at radius 1 is 1.03 bits per heavy atom. The van der Waals surface area contributed by atoms with Crippen LogP contribution in [0.4, 0.5) is 5.69 Å². The van der Waals surface area contributed by atoms with Crippen molar-refractivity contribution in [3.05, 3.63) is 52.5 Å². The lowest BCUT2D eigenvalue weighted by Gasteiger charge is -2.10. The zero-order chi connectivity index (χ0) is 21.4. The van der Waals surface area contributed by atoms with E-state index in [2.05, 4.69) is 15.8 Å². The van der Waals surface area contributed by atoms with Crippen molar-refractivity contribution in [3.8, 4) is 11.5 Å². The van der Waals surface area contributed by atoms with Crippen LogP contribution in [0.5, 0.6) is 11.5 Å². The molecule has 2 N–H and O–H groups in total. The predicted molar refractivity (Wildman–Crippen MR) is 114 cm³/mol. The Morgan fingerprint density at radius 3 is 2.41 bits per heavy atom. The van der Waals surface area contributed by atoms with E-state index >= 15 is 0 Å². The molecular formula is C21H24ClN3O4. The molecule has 0 bridgehead atoms. The van der Waals surface area contributed by atoms with Gasteiger partial charge in [0.25, 0.3) is 0 Å². The van der Waals surface area contributed by atoms with Gasteiger partial charge in [-0.2, -0.15) is 5.10 Å². The molecule has 2 aromatic carbocycles. The van der Waals surface area contributed by atoms with Gasteiger partial charge in [-0.3, -0.25) is 9.59 Å². The molecule has 0 heterocycles. The van der Waals surface area contributed by atoms with Gasteiger partial charge >= 0.3 is 0 Å². The van der Waals surface area contributed by atoms with Gasteiger partial charge in [0.2, 0.25) is 11.8 Å². The number of amides is 2. The molecule has 29 heavy (non-hydrogen) atoms. The monoisotopic (exact) mass is 417 g/mol. The van der Waals surface area contributed by atoms with E-state index in [9.17, 15) is 9.59 Å². The van der Waals surface area contributed by atoms with Gasteiger partial charge in [0.05, 0.1) is 19.9 Å². The van der Waals surface area contributed by atoms with Gasteiger partial charge in [-0.15, -0.1) is 0 Å². The van der Waals surface area contributed by atoms with Gasteiger partial charge < -0.3 is 14.8 Å². The van der Waals surface area contributed by atoms with Crippen molar-refractivity contribution in [2.24, 2.45) is 5.10 Å². The normalized spacial score (nSPS) is 11.0. The van der Waals surface area contributed by atoms with Crippen molar-refractivity contribution in [2.45, 2.75) is 26.7 Å². The number of aryl methyl sites for hydroxylation is 1. The number of hydrogen-bond acceptors (Lipinski definition) is 5. The van der Waals surface area contributed by atoms with E-state index in [1.165, 1.54) is 0 Å². The van der Waals surface area contributed by atoms with E-state index in [1.807, 2.05) is 6.92 Å². The number of nitrogens with zero attached hydrogens (tertiary/aromatic N) is 1. The smallest absolute Gasteiger partial charge is 0.240 e. The fraction of sp³-hybridized carbons (Fsp3) is 0.286. The van der Waals surface area contributed by atoms with Crippen molar-refractivity contribution >= 4 is 34.8 Å². The standard InChI is InChI=1S/C21H24ClN3O4/c1-13-11-15(22)5-8-18(13)23-20(26)9-10-21(27)25-24-14(2)17-7-6-16(28-3)12-19(17)29-4/h5-8,11-12H,9-10H2,1-4H3,(H,23,26)(H,25,27). The fourth-order valence-electron chi connectivity index (χ4n) is 2.57. The maximum atomic E-state index is 12.1. The average molecular weight is 418 g/mol. The lowest BCUT2D eigenvalue weighted by atomic mass is 10.1. The summed E-state index contributed by atoms with van der Waals surface area (Å²) < 4.78 is 10.5. The maximum absolute atomic E-state index is 12.1. The second-order valence-corrected chi connectivity index (χ2v) is 6.74. The molecule has 2 amide bonds. The highest BCUT2D eigenvalue weighted by Gasteiger charge is 2.11. The van der Waals surface area contributed by atoms with E-state index < -0.39 is 0 Å². The molecule has 0 saturated carbocycles. The van der Waals surface area contributed by atoms with E-state index in [0.29, 0.717) is 27.9 Å². The first-order valence-corrected chi connectivity index (χ1v) is 9.33. The topological polar surface area (TPSA) is 89.0 Å². The number of halogens is 1. The van der Waals surface area contributed by atoms with Gasteiger partial charge in [0.15, 0.2) is 0 Å². The lowest BCUT2D eigenvalue weighted by molar-refractivity contribution is -0.124. The van der Waals surface area contributed by atoms with Crippen LogP contribution in [0.25, 0.3) is 0 Å². The molecule has 0 fully saturated rings. The average Bonchev–Trinajstić information content (AvgIpc) is 2.71. The molecule has 154 valence electrons. The van der Waals surface area contributed by atoms with E-state index in [4.69, 9.17) is 21.1 Å². The number of carbonyl (C=O) groups excluding carboxylic acids is 2. The highest BCUT2D eigenvalue weighted by Crippen LogP contribution is 2.25. The summed E-state index contributed by atoms with van der Waals surface area (Å²) >= 11 is 5.90. The van der Waals surface area contributed by atoms with Crippen LogP contribution in [0, 0.1) is 6.92 Å². The summed E-state index contributed by atoms with van der Waals surface area (Å²) in [4.78, 5) is 24.1. The molecule has 0 aliphatic heterocycles. The van der Waals surface area contributed by atoms with E-state index in [0.717, 1.165) is 11.1 Å². The number of rotatable bonds is 8. The molecule has 7 nitrogen and oxygen atoms in total. The largest absolute Gasteiger partial charge is 0.497 e. The van der Waals surface area contributed by atoms with Crippen molar-refractivity contribution in [2.75, 3.05) is 19.5 Å². The number of benzene rings is 2. The minimum atomic E-state index is -0.361. The van der Waals surface area contributed by atoms with E-state index in [1.54, 1.807) is 57.5 Å². The number of anilines is 1. The SMILES string of the molecule is COc1ccc(C(C)=NNC(=O)CCC(=O)Nc2ccc(Cl)cc2C)c(OC)c1. The molecule has 0 radical (unpaired) electrons. The molecule has 0 aromatic heterocycles. The summed E-state index contributed by atoms with van der Waals surface area (Å²) in [6.45, 7) is 3.60. The Labute approximate surface area is 175 Å². The molecule has 2 rings (SSSR count). The summed E-state index contributed by atoms with van der Waals surface area (Å²) in [6.07, 6.45) is 0.0450. The van der Waals surface area contributed by atoms with Crippen LogP contribution < -0.4 is 20.2 Å². The van der Waals surface area contributed by atoms with Crippen molar-refractivity contribution in [1.82, 2.24) is 5.43 Å². The summed E-state index contributed by atoms with van der Waals surface area (Å²) in [5, 5.41) is 7.46.